The monoisotopic (exact) mass is 245 g/mol. The van der Waals surface area contributed by atoms with Crippen molar-refractivity contribution in [2.75, 3.05) is 20.4 Å². The second kappa shape index (κ2) is 5.43. The summed E-state index contributed by atoms with van der Waals surface area (Å²) in [5, 5.41) is 0. The molecule has 6 heteroatoms. The fraction of sp³-hybridized carbons (Fsp3) is 0.500. The van der Waals surface area contributed by atoms with Crippen LogP contribution >= 0.6 is 7.60 Å². The topological polar surface area (TPSA) is 61.6 Å². The Morgan fingerprint density at radius 3 is 2.62 bits per heavy atom. The lowest BCUT2D eigenvalue weighted by Crippen LogP contribution is -1.96. The number of hydrogen-bond acceptors (Lipinski definition) is 5. The molecule has 0 aromatic carbocycles. The summed E-state index contributed by atoms with van der Waals surface area (Å²) in [6.07, 6.45) is 3.58. The third kappa shape index (κ3) is 3.59. The first-order chi connectivity index (χ1) is 7.49. The van der Waals surface area contributed by atoms with Crippen molar-refractivity contribution in [2.45, 2.75) is 13.8 Å². The van der Waals surface area contributed by atoms with Crippen LogP contribution in [-0.4, -0.2) is 25.4 Å². The van der Waals surface area contributed by atoms with Gasteiger partial charge in [-0.25, -0.2) is 4.98 Å². The highest BCUT2D eigenvalue weighted by Crippen LogP contribution is 2.47. The largest absolute Gasteiger partial charge is 0.449 e. The van der Waals surface area contributed by atoms with E-state index in [0.717, 1.165) is 5.57 Å². The van der Waals surface area contributed by atoms with Crippen molar-refractivity contribution in [3.63, 3.8) is 0 Å². The molecule has 0 aliphatic carbocycles. The summed E-state index contributed by atoms with van der Waals surface area (Å²) < 4.78 is 26.6. The van der Waals surface area contributed by atoms with Gasteiger partial charge in [-0.3, -0.25) is 4.57 Å². The number of oxazole rings is 1. The van der Waals surface area contributed by atoms with Crippen LogP contribution in [0.25, 0.3) is 6.08 Å². The molecule has 1 aromatic rings. The first-order valence-electron chi connectivity index (χ1n) is 4.79. The molecule has 1 heterocycles. The second-order valence-corrected chi connectivity index (χ2v) is 5.68. The lowest BCUT2D eigenvalue weighted by Gasteiger charge is -2.13. The van der Waals surface area contributed by atoms with Gasteiger partial charge in [0, 0.05) is 21.1 Å². The van der Waals surface area contributed by atoms with E-state index in [9.17, 15) is 4.57 Å². The summed E-state index contributed by atoms with van der Waals surface area (Å²) in [5.41, 5.74) is 1.56. The standard InChI is InChI=1S/C10H16NO4P/c1-8(7-16(12,13-3)14-4)5-10-6-15-9(2)11-10/h5-6H,7H2,1-4H3/b8-5+. The van der Waals surface area contributed by atoms with E-state index in [0.29, 0.717) is 11.6 Å². The van der Waals surface area contributed by atoms with Crippen LogP contribution in [-0.2, 0) is 13.6 Å². The molecule has 0 atom stereocenters. The van der Waals surface area contributed by atoms with Gasteiger partial charge < -0.3 is 13.5 Å². The summed E-state index contributed by atoms with van der Waals surface area (Å²) in [6.45, 7) is 3.61. The minimum Gasteiger partial charge on any atom is -0.449 e. The SMILES string of the molecule is COP(=O)(C/C(C)=C/c1coc(C)n1)OC. The molecule has 5 nitrogen and oxygen atoms in total. The molecule has 0 unspecified atom stereocenters. The lowest BCUT2D eigenvalue weighted by atomic mass is 10.3. The van der Waals surface area contributed by atoms with Gasteiger partial charge in [-0.15, -0.1) is 0 Å². The maximum Gasteiger partial charge on any atom is 0.334 e. The maximum absolute atomic E-state index is 11.8. The Morgan fingerprint density at radius 2 is 2.19 bits per heavy atom. The molecule has 0 N–H and O–H groups in total. The summed E-state index contributed by atoms with van der Waals surface area (Å²) in [6, 6.07) is 0. The van der Waals surface area contributed by atoms with Gasteiger partial charge in [-0.1, -0.05) is 5.57 Å². The van der Waals surface area contributed by atoms with Crippen LogP contribution in [0.4, 0.5) is 0 Å². The molecule has 0 aliphatic rings. The Balaban J connectivity index is 2.75. The van der Waals surface area contributed by atoms with Crippen LogP contribution in [0.1, 0.15) is 18.5 Å². The molecule has 0 saturated heterocycles. The van der Waals surface area contributed by atoms with Gasteiger partial charge in [0.2, 0.25) is 0 Å². The normalized spacial score (nSPS) is 13.1. The van der Waals surface area contributed by atoms with Crippen molar-refractivity contribution in [3.8, 4) is 0 Å². The first-order valence-corrected chi connectivity index (χ1v) is 6.51. The highest BCUT2D eigenvalue weighted by atomic mass is 31.2. The van der Waals surface area contributed by atoms with E-state index in [4.69, 9.17) is 13.5 Å². The van der Waals surface area contributed by atoms with Crippen molar-refractivity contribution in [2.24, 2.45) is 0 Å². The Labute approximate surface area is 95.0 Å². The van der Waals surface area contributed by atoms with Crippen LogP contribution < -0.4 is 0 Å². The van der Waals surface area contributed by atoms with E-state index in [1.165, 1.54) is 14.2 Å². The van der Waals surface area contributed by atoms with Crippen LogP contribution in [0, 0.1) is 6.92 Å². The predicted octanol–water partition coefficient (Wildman–Crippen LogP) is 2.87. The first kappa shape index (κ1) is 13.2. The predicted molar refractivity (Wildman–Crippen MR) is 61.4 cm³/mol. The van der Waals surface area contributed by atoms with Crippen LogP contribution in [0.3, 0.4) is 0 Å². The van der Waals surface area contributed by atoms with Crippen LogP contribution in [0.5, 0.6) is 0 Å². The van der Waals surface area contributed by atoms with E-state index in [1.54, 1.807) is 19.3 Å². The highest BCUT2D eigenvalue weighted by molar-refractivity contribution is 7.54. The quantitative estimate of drug-likeness (QED) is 0.746. The Morgan fingerprint density at radius 1 is 1.56 bits per heavy atom. The smallest absolute Gasteiger partial charge is 0.334 e. The summed E-state index contributed by atoms with van der Waals surface area (Å²) in [5.74, 6) is 0.598. The zero-order valence-electron chi connectivity index (χ0n) is 9.89. The molecular weight excluding hydrogens is 229 g/mol. The molecular formula is C10H16NO4P. The maximum atomic E-state index is 11.8. The van der Waals surface area contributed by atoms with E-state index in [-0.39, 0.29) is 6.16 Å². The van der Waals surface area contributed by atoms with Crippen LogP contribution in [0.2, 0.25) is 0 Å². The van der Waals surface area contributed by atoms with Gasteiger partial charge in [-0.2, -0.15) is 0 Å². The zero-order chi connectivity index (χ0) is 12.2. The average Bonchev–Trinajstić information content (AvgIpc) is 2.63. The minimum atomic E-state index is -2.99. The van der Waals surface area contributed by atoms with E-state index >= 15 is 0 Å². The Kier molecular flexibility index (Phi) is 4.47. The van der Waals surface area contributed by atoms with Crippen molar-refractivity contribution < 1.29 is 18.0 Å². The number of nitrogens with zero attached hydrogens (tertiary/aromatic N) is 1. The third-order valence-corrected chi connectivity index (χ3v) is 4.03. The van der Waals surface area contributed by atoms with Gasteiger partial charge in [-0.05, 0) is 13.0 Å². The zero-order valence-corrected chi connectivity index (χ0v) is 10.8. The highest BCUT2D eigenvalue weighted by Gasteiger charge is 2.21. The van der Waals surface area contributed by atoms with Gasteiger partial charge in [0.25, 0.3) is 0 Å². The third-order valence-electron chi connectivity index (χ3n) is 2.03. The number of allylic oxidation sites excluding steroid dienone is 1. The fourth-order valence-corrected chi connectivity index (χ4v) is 2.36. The molecule has 0 spiro atoms. The van der Waals surface area contributed by atoms with E-state index < -0.39 is 7.60 Å². The van der Waals surface area contributed by atoms with Crippen molar-refractivity contribution >= 4 is 13.7 Å². The lowest BCUT2D eigenvalue weighted by molar-refractivity contribution is 0.278. The van der Waals surface area contributed by atoms with Crippen LogP contribution in [0.15, 0.2) is 16.3 Å². The summed E-state index contributed by atoms with van der Waals surface area (Å²) >= 11 is 0. The van der Waals surface area contributed by atoms with Crippen molar-refractivity contribution in [1.82, 2.24) is 4.98 Å². The molecule has 90 valence electrons. The van der Waals surface area contributed by atoms with Crippen molar-refractivity contribution in [3.05, 3.63) is 23.4 Å². The average molecular weight is 245 g/mol. The molecule has 0 bridgehead atoms. The molecule has 0 amide bonds. The molecule has 0 saturated carbocycles. The molecule has 0 radical (unpaired) electrons. The minimum absolute atomic E-state index is 0.242. The molecule has 0 aliphatic heterocycles. The second-order valence-electron chi connectivity index (χ2n) is 3.42. The van der Waals surface area contributed by atoms with Gasteiger partial charge >= 0.3 is 7.60 Å². The molecule has 1 aromatic heterocycles. The Bertz CT molecular complexity index is 416. The molecule has 0 fully saturated rings. The summed E-state index contributed by atoms with van der Waals surface area (Å²) in [7, 11) is -0.248. The van der Waals surface area contributed by atoms with Crippen molar-refractivity contribution in [1.29, 1.82) is 0 Å². The fourth-order valence-electron chi connectivity index (χ4n) is 1.25. The summed E-state index contributed by atoms with van der Waals surface area (Å²) in [4.78, 5) is 4.12. The number of aryl methyl sites for hydroxylation is 1. The molecule has 16 heavy (non-hydrogen) atoms. The van der Waals surface area contributed by atoms with E-state index in [1.807, 2.05) is 6.92 Å². The van der Waals surface area contributed by atoms with Gasteiger partial charge in [0.15, 0.2) is 5.89 Å². The number of hydrogen-bond donors (Lipinski definition) is 0. The van der Waals surface area contributed by atoms with Gasteiger partial charge in [0.1, 0.15) is 12.0 Å². The Hall–Kier alpha value is -0.900. The van der Waals surface area contributed by atoms with Gasteiger partial charge in [0.05, 0.1) is 6.16 Å². The molecule has 1 rings (SSSR count). The number of rotatable bonds is 5. The van der Waals surface area contributed by atoms with E-state index in [2.05, 4.69) is 4.98 Å². The number of aromatic nitrogens is 1.